The molecule has 2 aromatic rings. The molecular weight excluding hydrogens is 343 g/mol. The quantitative estimate of drug-likeness (QED) is 0.889. The molecule has 0 atom stereocenters. The van der Waals surface area contributed by atoms with Crippen LogP contribution in [-0.2, 0) is 27.8 Å². The molecule has 0 aliphatic carbocycles. The largest absolute Gasteiger partial charge is 0.326 e. The first-order chi connectivity index (χ1) is 11.9. The summed E-state index contributed by atoms with van der Waals surface area (Å²) in [4.78, 5) is 11.9. The van der Waals surface area contributed by atoms with Crippen molar-refractivity contribution in [3.8, 4) is 0 Å². The van der Waals surface area contributed by atoms with Crippen LogP contribution in [0.4, 0.5) is 10.1 Å². The Morgan fingerprint density at radius 3 is 2.64 bits per heavy atom. The summed E-state index contributed by atoms with van der Waals surface area (Å²) in [6, 6.07) is 13.3. The van der Waals surface area contributed by atoms with Gasteiger partial charge in [0.15, 0.2) is 0 Å². The van der Waals surface area contributed by atoms with E-state index in [1.54, 1.807) is 6.07 Å². The van der Waals surface area contributed by atoms with E-state index in [2.05, 4.69) is 5.32 Å². The van der Waals surface area contributed by atoms with Crippen LogP contribution in [0.15, 0.2) is 48.5 Å². The third-order valence-electron chi connectivity index (χ3n) is 4.18. The van der Waals surface area contributed by atoms with Crippen LogP contribution in [0.3, 0.4) is 0 Å². The smallest absolute Gasteiger partial charge is 0.225 e. The number of carbonyl (C=O) groups is 1. The van der Waals surface area contributed by atoms with Crippen molar-refractivity contribution in [3.63, 3.8) is 0 Å². The van der Waals surface area contributed by atoms with Gasteiger partial charge in [-0.05, 0) is 35.7 Å². The second-order valence-electron chi connectivity index (χ2n) is 5.98. The van der Waals surface area contributed by atoms with E-state index in [4.69, 9.17) is 0 Å². The summed E-state index contributed by atoms with van der Waals surface area (Å²) in [5, 5.41) is 2.51. The molecule has 1 N–H and O–H groups in total. The van der Waals surface area contributed by atoms with Gasteiger partial charge in [0.25, 0.3) is 0 Å². The van der Waals surface area contributed by atoms with E-state index in [9.17, 15) is 17.6 Å². The Balaban J connectivity index is 1.58. The number of nitrogens with zero attached hydrogens (tertiary/aromatic N) is 1. The van der Waals surface area contributed by atoms with Gasteiger partial charge >= 0.3 is 0 Å². The number of halogens is 1. The first-order valence-electron chi connectivity index (χ1n) is 8.04. The number of anilines is 1. The number of carbonyl (C=O) groups excluding carboxylic acids is 1. The number of amides is 1. The van der Waals surface area contributed by atoms with Gasteiger partial charge in [-0.15, -0.1) is 0 Å². The van der Waals surface area contributed by atoms with Crippen molar-refractivity contribution in [1.29, 1.82) is 0 Å². The van der Waals surface area contributed by atoms with Crippen molar-refractivity contribution < 1.29 is 17.6 Å². The number of nitrogens with one attached hydrogen (secondary N) is 1. The molecule has 1 aliphatic heterocycles. The lowest BCUT2D eigenvalue weighted by atomic mass is 10.0. The predicted octanol–water partition coefficient (Wildman–Crippen LogP) is 2.54. The molecule has 1 aliphatic rings. The zero-order valence-corrected chi connectivity index (χ0v) is 14.4. The fourth-order valence-electron chi connectivity index (χ4n) is 2.85. The van der Waals surface area contributed by atoms with Gasteiger partial charge in [0, 0.05) is 25.2 Å². The Labute approximate surface area is 146 Å². The molecule has 25 heavy (non-hydrogen) atoms. The molecule has 0 radical (unpaired) electrons. The summed E-state index contributed by atoms with van der Waals surface area (Å²) in [6.45, 7) is 0.759. The summed E-state index contributed by atoms with van der Waals surface area (Å²) >= 11 is 0. The summed E-state index contributed by atoms with van der Waals surface area (Å²) in [5.41, 5.74) is 2.48. The first-order valence-corrected chi connectivity index (χ1v) is 9.65. The lowest BCUT2D eigenvalue weighted by Gasteiger charge is -2.28. The van der Waals surface area contributed by atoms with Gasteiger partial charge in [0.2, 0.25) is 15.9 Å². The number of benzene rings is 2. The van der Waals surface area contributed by atoms with Crippen molar-refractivity contribution >= 4 is 21.6 Å². The monoisotopic (exact) mass is 362 g/mol. The molecular formula is C18H19FN2O3S. The number of fused-ring (bicyclic) bond motifs is 1. The number of hydrogen-bond acceptors (Lipinski definition) is 3. The van der Waals surface area contributed by atoms with Crippen LogP contribution in [-0.4, -0.2) is 30.9 Å². The first kappa shape index (κ1) is 17.6. The van der Waals surface area contributed by atoms with E-state index in [0.29, 0.717) is 25.2 Å². The van der Waals surface area contributed by atoms with Crippen LogP contribution in [0, 0.1) is 5.82 Å². The average Bonchev–Trinajstić information content (AvgIpc) is 2.60. The molecule has 0 saturated carbocycles. The summed E-state index contributed by atoms with van der Waals surface area (Å²) < 4.78 is 39.5. The van der Waals surface area contributed by atoms with Gasteiger partial charge in [-0.2, -0.15) is 4.31 Å². The molecule has 3 rings (SSSR count). The minimum absolute atomic E-state index is 0.170. The lowest BCUT2D eigenvalue weighted by molar-refractivity contribution is -0.115. The van der Waals surface area contributed by atoms with Crippen molar-refractivity contribution in [2.24, 2.45) is 0 Å². The van der Waals surface area contributed by atoms with Gasteiger partial charge in [-0.1, -0.05) is 30.3 Å². The maximum absolute atomic E-state index is 13.1. The summed E-state index contributed by atoms with van der Waals surface area (Å²) in [6.07, 6.45) is 0.502. The Morgan fingerprint density at radius 1 is 1.12 bits per heavy atom. The van der Waals surface area contributed by atoms with Crippen LogP contribution >= 0.6 is 0 Å². The van der Waals surface area contributed by atoms with Gasteiger partial charge in [0.05, 0.1) is 5.75 Å². The van der Waals surface area contributed by atoms with Crippen molar-refractivity contribution in [2.45, 2.75) is 19.4 Å². The zero-order valence-electron chi connectivity index (χ0n) is 13.6. The van der Waals surface area contributed by atoms with Crippen LogP contribution in [0.5, 0.6) is 0 Å². The van der Waals surface area contributed by atoms with E-state index in [-0.39, 0.29) is 12.2 Å². The molecule has 0 unspecified atom stereocenters. The fraction of sp³-hybridized carbons (Fsp3) is 0.278. The molecule has 0 fully saturated rings. The van der Waals surface area contributed by atoms with Crippen molar-refractivity contribution in [2.75, 3.05) is 17.6 Å². The summed E-state index contributed by atoms with van der Waals surface area (Å²) in [5.74, 6) is -1.18. The van der Waals surface area contributed by atoms with Crippen LogP contribution in [0.25, 0.3) is 0 Å². The minimum Gasteiger partial charge on any atom is -0.326 e. The average molecular weight is 362 g/mol. The SMILES string of the molecule is O=C(CCS(=O)(=O)N1CCc2ccccc2C1)Nc1cccc(F)c1. The van der Waals surface area contributed by atoms with Crippen molar-refractivity contribution in [3.05, 3.63) is 65.5 Å². The molecule has 0 aromatic heterocycles. The van der Waals surface area contributed by atoms with Gasteiger partial charge < -0.3 is 5.32 Å². The third-order valence-corrected chi connectivity index (χ3v) is 6.00. The highest BCUT2D eigenvalue weighted by molar-refractivity contribution is 7.89. The van der Waals surface area contributed by atoms with Gasteiger partial charge in [-0.3, -0.25) is 4.79 Å². The summed E-state index contributed by atoms with van der Waals surface area (Å²) in [7, 11) is -3.52. The second-order valence-corrected chi connectivity index (χ2v) is 8.07. The standard InChI is InChI=1S/C18H19FN2O3S/c19-16-6-3-7-17(12-16)20-18(22)9-11-25(23,24)21-10-8-14-4-1-2-5-15(14)13-21/h1-7,12H,8-11,13H2,(H,20,22). The normalized spacial score (nSPS) is 14.8. The molecule has 7 heteroatoms. The zero-order chi connectivity index (χ0) is 17.9. The second kappa shape index (κ2) is 7.33. The lowest BCUT2D eigenvalue weighted by Crippen LogP contribution is -2.38. The molecule has 0 bridgehead atoms. The topological polar surface area (TPSA) is 66.5 Å². The molecule has 2 aromatic carbocycles. The van der Waals surface area contributed by atoms with E-state index in [0.717, 1.165) is 11.1 Å². The highest BCUT2D eigenvalue weighted by Gasteiger charge is 2.26. The van der Waals surface area contributed by atoms with Crippen LogP contribution < -0.4 is 5.32 Å². The molecule has 5 nitrogen and oxygen atoms in total. The van der Waals surface area contributed by atoms with Gasteiger partial charge in [0.1, 0.15) is 5.82 Å². The Bertz CT molecular complexity index is 883. The number of rotatable bonds is 5. The highest BCUT2D eigenvalue weighted by atomic mass is 32.2. The Morgan fingerprint density at radius 2 is 1.88 bits per heavy atom. The molecule has 132 valence electrons. The Hall–Kier alpha value is -2.25. The van der Waals surface area contributed by atoms with E-state index < -0.39 is 21.7 Å². The van der Waals surface area contributed by atoms with Crippen LogP contribution in [0.1, 0.15) is 17.5 Å². The van der Waals surface area contributed by atoms with E-state index in [1.165, 1.54) is 22.5 Å². The Kier molecular flexibility index (Phi) is 5.15. The predicted molar refractivity (Wildman–Crippen MR) is 94.0 cm³/mol. The fourth-order valence-corrected chi connectivity index (χ4v) is 4.25. The molecule has 0 saturated heterocycles. The third kappa shape index (κ3) is 4.43. The molecule has 1 amide bonds. The van der Waals surface area contributed by atoms with Crippen molar-refractivity contribution in [1.82, 2.24) is 4.31 Å². The van der Waals surface area contributed by atoms with E-state index >= 15 is 0 Å². The van der Waals surface area contributed by atoms with Crippen LogP contribution in [0.2, 0.25) is 0 Å². The highest BCUT2D eigenvalue weighted by Crippen LogP contribution is 2.21. The van der Waals surface area contributed by atoms with E-state index in [1.807, 2.05) is 24.3 Å². The minimum atomic E-state index is -3.52. The molecule has 0 spiro atoms. The maximum Gasteiger partial charge on any atom is 0.225 e. The number of hydrogen-bond donors (Lipinski definition) is 1. The number of sulfonamides is 1. The van der Waals surface area contributed by atoms with Gasteiger partial charge in [-0.25, -0.2) is 12.8 Å². The molecule has 1 heterocycles. The maximum atomic E-state index is 13.1.